The molecule has 92 valence electrons. The zero-order valence-electron chi connectivity index (χ0n) is 10.2. The Morgan fingerprint density at radius 1 is 1.56 bits per heavy atom. The predicted molar refractivity (Wildman–Crippen MR) is 70.2 cm³/mol. The number of carbonyl (C=O) groups is 1. The Bertz CT molecular complexity index is 268. The molecule has 0 bridgehead atoms. The van der Waals surface area contributed by atoms with Crippen LogP contribution >= 0.6 is 12.2 Å². The number of thiocarbonyl (C=S) groups is 1. The first-order chi connectivity index (χ1) is 7.56. The second-order valence-electron chi connectivity index (χ2n) is 4.72. The normalized spacial score (nSPS) is 22.9. The summed E-state index contributed by atoms with van der Waals surface area (Å²) in [4.78, 5) is 14.4. The molecule has 1 aliphatic heterocycles. The van der Waals surface area contributed by atoms with Gasteiger partial charge in [0.05, 0.1) is 11.0 Å². The molecule has 2 N–H and O–H groups in total. The lowest BCUT2D eigenvalue weighted by atomic mass is 9.99. The van der Waals surface area contributed by atoms with Crippen molar-refractivity contribution in [2.45, 2.75) is 52.0 Å². The van der Waals surface area contributed by atoms with Crippen LogP contribution < -0.4 is 5.73 Å². The molecular weight excluding hydrogens is 220 g/mol. The molecule has 0 spiro atoms. The van der Waals surface area contributed by atoms with Crippen LogP contribution in [0.2, 0.25) is 0 Å². The fourth-order valence-electron chi connectivity index (χ4n) is 2.09. The molecule has 0 aromatic heterocycles. The molecule has 0 aromatic carbocycles. The monoisotopic (exact) mass is 242 g/mol. The molecule has 1 rings (SSSR count). The minimum atomic E-state index is 0.000283. The molecule has 2 unspecified atom stereocenters. The highest BCUT2D eigenvalue weighted by Crippen LogP contribution is 2.20. The van der Waals surface area contributed by atoms with Gasteiger partial charge in [-0.05, 0) is 25.2 Å². The summed E-state index contributed by atoms with van der Waals surface area (Å²) in [5.41, 5.74) is 5.70. The molecule has 3 nitrogen and oxygen atoms in total. The first kappa shape index (κ1) is 13.4. The fourth-order valence-corrected chi connectivity index (χ4v) is 2.33. The number of amides is 1. The average molecular weight is 242 g/mol. The van der Waals surface area contributed by atoms with Gasteiger partial charge in [-0.2, -0.15) is 0 Å². The van der Waals surface area contributed by atoms with Crippen molar-refractivity contribution in [3.8, 4) is 0 Å². The van der Waals surface area contributed by atoms with Gasteiger partial charge in [0, 0.05) is 13.0 Å². The first-order valence-corrected chi connectivity index (χ1v) is 6.55. The minimum Gasteiger partial charge on any atom is -0.392 e. The number of piperidine rings is 1. The van der Waals surface area contributed by atoms with E-state index in [4.69, 9.17) is 18.0 Å². The number of hydrogen-bond acceptors (Lipinski definition) is 2. The van der Waals surface area contributed by atoms with Crippen LogP contribution in [0, 0.1) is 5.92 Å². The van der Waals surface area contributed by atoms with Crippen LogP contribution in [0.25, 0.3) is 0 Å². The first-order valence-electron chi connectivity index (χ1n) is 6.15. The van der Waals surface area contributed by atoms with Crippen LogP contribution in [0.15, 0.2) is 0 Å². The number of hydrogen-bond donors (Lipinski definition) is 1. The lowest BCUT2D eigenvalue weighted by molar-refractivity contribution is -0.134. The van der Waals surface area contributed by atoms with E-state index in [0.29, 0.717) is 17.3 Å². The predicted octanol–water partition coefficient (Wildman–Crippen LogP) is 2.09. The highest BCUT2D eigenvalue weighted by molar-refractivity contribution is 7.80. The van der Waals surface area contributed by atoms with E-state index in [-0.39, 0.29) is 11.9 Å². The summed E-state index contributed by atoms with van der Waals surface area (Å²) in [7, 11) is 0. The summed E-state index contributed by atoms with van der Waals surface area (Å²) < 4.78 is 0. The summed E-state index contributed by atoms with van der Waals surface area (Å²) in [5.74, 6) is 0.660. The Morgan fingerprint density at radius 3 is 2.81 bits per heavy atom. The maximum Gasteiger partial charge on any atom is 0.223 e. The van der Waals surface area contributed by atoms with Crippen LogP contribution in [0.4, 0.5) is 0 Å². The van der Waals surface area contributed by atoms with Gasteiger partial charge in [0.25, 0.3) is 0 Å². The van der Waals surface area contributed by atoms with Crippen LogP contribution in [0.3, 0.4) is 0 Å². The van der Waals surface area contributed by atoms with Crippen LogP contribution in [-0.4, -0.2) is 28.4 Å². The minimum absolute atomic E-state index is 0.000283. The third kappa shape index (κ3) is 3.44. The largest absolute Gasteiger partial charge is 0.392 e. The molecule has 1 saturated heterocycles. The van der Waals surface area contributed by atoms with Crippen molar-refractivity contribution >= 4 is 23.1 Å². The fraction of sp³-hybridized carbons (Fsp3) is 0.833. The van der Waals surface area contributed by atoms with Gasteiger partial charge in [-0.1, -0.05) is 32.5 Å². The summed E-state index contributed by atoms with van der Waals surface area (Å²) in [6, 6.07) is 0.000283. The van der Waals surface area contributed by atoms with Crippen LogP contribution in [0.1, 0.15) is 46.0 Å². The Morgan fingerprint density at radius 2 is 2.25 bits per heavy atom. The van der Waals surface area contributed by atoms with E-state index in [0.717, 1.165) is 32.2 Å². The zero-order chi connectivity index (χ0) is 12.1. The van der Waals surface area contributed by atoms with Crippen molar-refractivity contribution in [3.05, 3.63) is 0 Å². The summed E-state index contributed by atoms with van der Waals surface area (Å²) >= 11 is 5.04. The van der Waals surface area contributed by atoms with Gasteiger partial charge in [-0.25, -0.2) is 0 Å². The number of nitrogens with two attached hydrogens (primary N) is 1. The third-order valence-corrected chi connectivity index (χ3v) is 3.64. The molecule has 1 fully saturated rings. The van der Waals surface area contributed by atoms with E-state index < -0.39 is 0 Å². The Hall–Kier alpha value is -0.640. The molecule has 0 radical (unpaired) electrons. The summed E-state index contributed by atoms with van der Waals surface area (Å²) in [5, 5.41) is 0. The van der Waals surface area contributed by atoms with Gasteiger partial charge in [-0.3, -0.25) is 4.79 Å². The van der Waals surface area contributed by atoms with E-state index >= 15 is 0 Å². The van der Waals surface area contributed by atoms with Gasteiger partial charge in [0.15, 0.2) is 0 Å². The molecule has 2 atom stereocenters. The lowest BCUT2D eigenvalue weighted by Gasteiger charge is -2.35. The Labute approximate surface area is 103 Å². The maximum atomic E-state index is 12.1. The van der Waals surface area contributed by atoms with Gasteiger partial charge >= 0.3 is 0 Å². The van der Waals surface area contributed by atoms with Gasteiger partial charge in [0.2, 0.25) is 5.91 Å². The van der Waals surface area contributed by atoms with Crippen molar-refractivity contribution in [2.75, 3.05) is 6.54 Å². The van der Waals surface area contributed by atoms with E-state index in [1.54, 1.807) is 0 Å². The average Bonchev–Trinajstić information content (AvgIpc) is 2.28. The highest BCUT2D eigenvalue weighted by Gasteiger charge is 2.28. The molecule has 0 aromatic rings. The van der Waals surface area contributed by atoms with Crippen molar-refractivity contribution < 1.29 is 4.79 Å². The Balaban J connectivity index is 2.60. The standard InChI is InChI=1S/C12H22N2OS/c1-3-9(2)8-11(15)14-7-5-4-6-10(14)12(13)16/h9-10H,3-8H2,1-2H3,(H2,13,16). The van der Waals surface area contributed by atoms with E-state index in [2.05, 4.69) is 13.8 Å². The lowest BCUT2D eigenvalue weighted by Crippen LogP contribution is -2.50. The quantitative estimate of drug-likeness (QED) is 0.768. The van der Waals surface area contributed by atoms with Crippen molar-refractivity contribution in [3.63, 3.8) is 0 Å². The van der Waals surface area contributed by atoms with Crippen LogP contribution in [0.5, 0.6) is 0 Å². The molecule has 1 amide bonds. The molecule has 1 aliphatic rings. The smallest absolute Gasteiger partial charge is 0.223 e. The van der Waals surface area contributed by atoms with Gasteiger partial charge in [-0.15, -0.1) is 0 Å². The number of likely N-dealkylation sites (tertiary alicyclic amines) is 1. The van der Waals surface area contributed by atoms with Gasteiger partial charge < -0.3 is 10.6 Å². The Kier molecular flexibility index (Phi) is 5.19. The molecule has 4 heteroatoms. The van der Waals surface area contributed by atoms with Crippen molar-refractivity contribution in [1.29, 1.82) is 0 Å². The third-order valence-electron chi connectivity index (χ3n) is 3.37. The van der Waals surface area contributed by atoms with Crippen molar-refractivity contribution in [2.24, 2.45) is 11.7 Å². The summed E-state index contributed by atoms with van der Waals surface area (Å²) in [6.45, 7) is 5.04. The molecule has 0 aliphatic carbocycles. The zero-order valence-corrected chi connectivity index (χ0v) is 11.1. The molecule has 1 heterocycles. The summed E-state index contributed by atoms with van der Waals surface area (Å²) in [6.07, 6.45) is 4.79. The van der Waals surface area contributed by atoms with E-state index in [1.165, 1.54) is 0 Å². The maximum absolute atomic E-state index is 12.1. The molecule has 0 saturated carbocycles. The van der Waals surface area contributed by atoms with Crippen molar-refractivity contribution in [1.82, 2.24) is 4.90 Å². The molecule has 16 heavy (non-hydrogen) atoms. The number of carbonyl (C=O) groups excluding carboxylic acids is 1. The number of nitrogens with zero attached hydrogens (tertiary/aromatic N) is 1. The second-order valence-corrected chi connectivity index (χ2v) is 5.19. The van der Waals surface area contributed by atoms with Gasteiger partial charge in [0.1, 0.15) is 0 Å². The highest BCUT2D eigenvalue weighted by atomic mass is 32.1. The second kappa shape index (κ2) is 6.18. The molecular formula is C12H22N2OS. The number of rotatable bonds is 4. The van der Waals surface area contributed by atoms with E-state index in [1.807, 2.05) is 4.90 Å². The van der Waals surface area contributed by atoms with E-state index in [9.17, 15) is 4.79 Å². The SMILES string of the molecule is CCC(C)CC(=O)N1CCCCC1C(N)=S. The topological polar surface area (TPSA) is 46.3 Å². The van der Waals surface area contributed by atoms with Crippen LogP contribution in [-0.2, 0) is 4.79 Å².